The minimum absolute atomic E-state index is 0.921. The van der Waals surface area contributed by atoms with Gasteiger partial charge in [0.1, 0.15) is 11.5 Å². The second-order valence-electron chi connectivity index (χ2n) is 10.5. The van der Waals surface area contributed by atoms with Crippen molar-refractivity contribution >= 4 is 53.9 Å². The smallest absolute Gasteiger partial charge is 0.143 e. The van der Waals surface area contributed by atoms with Crippen molar-refractivity contribution in [1.29, 1.82) is 0 Å². The SMILES string of the molecule is c1cc(-c2cc3c4c(cccc4c2)-c2ccc4ccccc4c2O3)c2cc3c(ccc4ccccc43)cc2c1. The fraction of sp³-hybridized carbons (Fsp3) is 0. The summed E-state index contributed by atoms with van der Waals surface area (Å²) in [5.41, 5.74) is 4.78. The molecular formula is C38H22O. The number of hydrogen-bond acceptors (Lipinski definition) is 1. The van der Waals surface area contributed by atoms with E-state index in [4.69, 9.17) is 4.74 Å². The summed E-state index contributed by atoms with van der Waals surface area (Å²) in [6.45, 7) is 0. The van der Waals surface area contributed by atoms with Gasteiger partial charge in [0.05, 0.1) is 0 Å². The molecule has 9 rings (SSSR count). The molecule has 1 nitrogen and oxygen atoms in total. The first-order chi connectivity index (χ1) is 19.3. The standard InChI is InChI=1S/C38H22O/c1-3-11-29-23(7-1)15-16-26-19-25-9-5-13-30(34(25)22-35(26)29)28-20-27-10-6-14-32-33-18-17-24-8-2-4-12-31(24)38(33)39-36(21-28)37(27)32/h1-22H. The van der Waals surface area contributed by atoms with E-state index in [9.17, 15) is 0 Å². The third-order valence-electron chi connectivity index (χ3n) is 8.38. The van der Waals surface area contributed by atoms with Gasteiger partial charge in [-0.2, -0.15) is 0 Å². The molecule has 180 valence electrons. The fourth-order valence-electron chi connectivity index (χ4n) is 6.56. The zero-order valence-corrected chi connectivity index (χ0v) is 21.1. The zero-order chi connectivity index (χ0) is 25.5. The van der Waals surface area contributed by atoms with Gasteiger partial charge in [0.2, 0.25) is 0 Å². The molecule has 0 aliphatic carbocycles. The summed E-state index contributed by atoms with van der Waals surface area (Å²) in [6, 6.07) is 48.4. The molecule has 8 aromatic rings. The van der Waals surface area contributed by atoms with Crippen LogP contribution in [0, 0.1) is 0 Å². The van der Waals surface area contributed by atoms with Crippen molar-refractivity contribution in [1.82, 2.24) is 0 Å². The lowest BCUT2D eigenvalue weighted by molar-refractivity contribution is 0.493. The quantitative estimate of drug-likeness (QED) is 0.163. The van der Waals surface area contributed by atoms with E-state index in [1.165, 1.54) is 65.2 Å². The lowest BCUT2D eigenvalue weighted by Gasteiger charge is -2.24. The van der Waals surface area contributed by atoms with Crippen molar-refractivity contribution < 1.29 is 4.74 Å². The molecule has 0 amide bonds. The Kier molecular flexibility index (Phi) is 4.11. The summed E-state index contributed by atoms with van der Waals surface area (Å²) < 4.78 is 6.76. The second kappa shape index (κ2) is 7.69. The van der Waals surface area contributed by atoms with E-state index in [2.05, 4.69) is 133 Å². The van der Waals surface area contributed by atoms with Gasteiger partial charge in [-0.1, -0.05) is 103 Å². The van der Waals surface area contributed by atoms with Crippen LogP contribution in [0.1, 0.15) is 0 Å². The maximum Gasteiger partial charge on any atom is 0.143 e. The number of ether oxygens (including phenoxy) is 1. The van der Waals surface area contributed by atoms with Crippen LogP contribution in [0.5, 0.6) is 11.5 Å². The summed E-state index contributed by atoms with van der Waals surface area (Å²) in [5, 5.41) is 12.3. The predicted molar refractivity (Wildman–Crippen MR) is 165 cm³/mol. The van der Waals surface area contributed by atoms with Gasteiger partial charge < -0.3 is 4.74 Å². The van der Waals surface area contributed by atoms with Gasteiger partial charge in [0, 0.05) is 16.3 Å². The third kappa shape index (κ3) is 2.96. The maximum absolute atomic E-state index is 6.76. The average molecular weight is 495 g/mol. The molecule has 0 saturated carbocycles. The molecule has 0 spiro atoms. The number of hydrogen-bond donors (Lipinski definition) is 0. The van der Waals surface area contributed by atoms with Gasteiger partial charge in [0.25, 0.3) is 0 Å². The van der Waals surface area contributed by atoms with Crippen LogP contribution in [0.25, 0.3) is 76.1 Å². The number of fused-ring (bicyclic) bond motifs is 8. The number of benzene rings is 8. The molecule has 0 unspecified atom stereocenters. The van der Waals surface area contributed by atoms with E-state index < -0.39 is 0 Å². The molecule has 0 bridgehead atoms. The van der Waals surface area contributed by atoms with Crippen molar-refractivity contribution in [2.75, 3.05) is 0 Å². The Bertz CT molecular complexity index is 2310. The Morgan fingerprint density at radius 2 is 1.03 bits per heavy atom. The monoisotopic (exact) mass is 494 g/mol. The van der Waals surface area contributed by atoms with E-state index in [0.717, 1.165) is 22.4 Å². The van der Waals surface area contributed by atoms with Crippen LogP contribution in [0.15, 0.2) is 133 Å². The molecule has 8 aromatic carbocycles. The Hall–Kier alpha value is -5.14. The van der Waals surface area contributed by atoms with Crippen molar-refractivity contribution in [3.8, 4) is 33.8 Å². The van der Waals surface area contributed by atoms with Crippen molar-refractivity contribution in [2.24, 2.45) is 0 Å². The largest absolute Gasteiger partial charge is 0.455 e. The molecule has 1 heterocycles. The first kappa shape index (κ1) is 20.9. The molecule has 0 atom stereocenters. The minimum atomic E-state index is 0.921. The lowest BCUT2D eigenvalue weighted by atomic mass is 9.89. The molecule has 1 heteroatoms. The van der Waals surface area contributed by atoms with Crippen LogP contribution in [-0.2, 0) is 0 Å². The van der Waals surface area contributed by atoms with Gasteiger partial charge in [-0.25, -0.2) is 0 Å². The van der Waals surface area contributed by atoms with Crippen LogP contribution < -0.4 is 4.74 Å². The van der Waals surface area contributed by atoms with Crippen LogP contribution >= 0.6 is 0 Å². The van der Waals surface area contributed by atoms with Gasteiger partial charge >= 0.3 is 0 Å². The first-order valence-corrected chi connectivity index (χ1v) is 13.4. The summed E-state index contributed by atoms with van der Waals surface area (Å²) in [6.07, 6.45) is 0. The van der Waals surface area contributed by atoms with Gasteiger partial charge in [-0.05, 0) is 90.1 Å². The van der Waals surface area contributed by atoms with E-state index >= 15 is 0 Å². The van der Waals surface area contributed by atoms with E-state index in [0.29, 0.717) is 0 Å². The first-order valence-electron chi connectivity index (χ1n) is 13.4. The second-order valence-corrected chi connectivity index (χ2v) is 10.5. The normalized spacial score (nSPS) is 12.3. The molecular weight excluding hydrogens is 472 g/mol. The molecule has 1 aliphatic rings. The van der Waals surface area contributed by atoms with E-state index in [1.54, 1.807) is 0 Å². The molecule has 1 aliphatic heterocycles. The lowest BCUT2D eigenvalue weighted by Crippen LogP contribution is -1.98. The Morgan fingerprint density at radius 1 is 0.359 bits per heavy atom. The highest BCUT2D eigenvalue weighted by Crippen LogP contribution is 2.50. The topological polar surface area (TPSA) is 9.23 Å². The van der Waals surface area contributed by atoms with Gasteiger partial charge in [-0.3, -0.25) is 0 Å². The van der Waals surface area contributed by atoms with E-state index in [1.807, 2.05) is 0 Å². The highest BCUT2D eigenvalue weighted by atomic mass is 16.5. The predicted octanol–water partition coefficient (Wildman–Crippen LogP) is 10.9. The van der Waals surface area contributed by atoms with Crippen molar-refractivity contribution in [3.05, 3.63) is 133 Å². The van der Waals surface area contributed by atoms with Crippen LogP contribution in [-0.4, -0.2) is 0 Å². The molecule has 0 radical (unpaired) electrons. The maximum atomic E-state index is 6.76. The fourth-order valence-corrected chi connectivity index (χ4v) is 6.56. The molecule has 0 N–H and O–H groups in total. The van der Waals surface area contributed by atoms with Crippen LogP contribution in [0.4, 0.5) is 0 Å². The van der Waals surface area contributed by atoms with Crippen LogP contribution in [0.2, 0.25) is 0 Å². The number of rotatable bonds is 1. The third-order valence-corrected chi connectivity index (χ3v) is 8.38. The molecule has 0 saturated heterocycles. The summed E-state index contributed by atoms with van der Waals surface area (Å²) in [4.78, 5) is 0. The molecule has 0 aromatic heterocycles. The Labute approximate surface area is 225 Å². The van der Waals surface area contributed by atoms with Gasteiger partial charge in [0.15, 0.2) is 0 Å². The van der Waals surface area contributed by atoms with Crippen molar-refractivity contribution in [2.45, 2.75) is 0 Å². The van der Waals surface area contributed by atoms with Crippen LogP contribution in [0.3, 0.4) is 0 Å². The Balaban J connectivity index is 1.32. The molecule has 0 fully saturated rings. The molecule has 39 heavy (non-hydrogen) atoms. The average Bonchev–Trinajstić information content (AvgIpc) is 2.99. The zero-order valence-electron chi connectivity index (χ0n) is 21.1. The van der Waals surface area contributed by atoms with Crippen molar-refractivity contribution in [3.63, 3.8) is 0 Å². The summed E-state index contributed by atoms with van der Waals surface area (Å²) in [5.74, 6) is 1.87. The Morgan fingerprint density at radius 3 is 1.92 bits per heavy atom. The van der Waals surface area contributed by atoms with E-state index in [-0.39, 0.29) is 0 Å². The highest BCUT2D eigenvalue weighted by molar-refractivity contribution is 6.15. The van der Waals surface area contributed by atoms with Gasteiger partial charge in [-0.15, -0.1) is 0 Å². The highest BCUT2D eigenvalue weighted by Gasteiger charge is 2.23. The summed E-state index contributed by atoms with van der Waals surface area (Å²) in [7, 11) is 0. The minimum Gasteiger partial charge on any atom is -0.455 e. The summed E-state index contributed by atoms with van der Waals surface area (Å²) >= 11 is 0.